The summed E-state index contributed by atoms with van der Waals surface area (Å²) in [6.07, 6.45) is 0.928. The SMILES string of the molecule is CCc1ccc2oc(C(=O)Nc3nc(-c4ccc(Cl)cc4Cl)cs3)c(C)c2c1. The number of aromatic nitrogens is 1. The van der Waals surface area contributed by atoms with E-state index in [-0.39, 0.29) is 5.91 Å². The van der Waals surface area contributed by atoms with Gasteiger partial charge in [0.1, 0.15) is 5.58 Å². The van der Waals surface area contributed by atoms with Gasteiger partial charge < -0.3 is 4.42 Å². The van der Waals surface area contributed by atoms with E-state index < -0.39 is 0 Å². The summed E-state index contributed by atoms with van der Waals surface area (Å²) in [6.45, 7) is 3.98. The first-order valence-electron chi connectivity index (χ1n) is 8.70. The second kappa shape index (κ2) is 7.59. The number of rotatable bonds is 4. The molecule has 0 saturated carbocycles. The van der Waals surface area contributed by atoms with Crippen molar-refractivity contribution in [2.75, 3.05) is 5.32 Å². The normalized spacial score (nSPS) is 11.1. The molecule has 1 amide bonds. The summed E-state index contributed by atoms with van der Waals surface area (Å²) < 4.78 is 5.79. The van der Waals surface area contributed by atoms with Crippen LogP contribution in [0.4, 0.5) is 5.13 Å². The van der Waals surface area contributed by atoms with Crippen molar-refractivity contribution in [1.29, 1.82) is 0 Å². The Hall–Kier alpha value is -2.34. The molecule has 0 unspecified atom stereocenters. The first-order valence-corrected chi connectivity index (χ1v) is 10.3. The number of amides is 1. The first-order chi connectivity index (χ1) is 13.5. The number of nitrogens with one attached hydrogen (secondary N) is 1. The zero-order chi connectivity index (χ0) is 19.8. The number of furan rings is 1. The number of benzene rings is 2. The van der Waals surface area contributed by atoms with E-state index in [0.717, 1.165) is 22.9 Å². The van der Waals surface area contributed by atoms with Gasteiger partial charge in [-0.2, -0.15) is 0 Å². The highest BCUT2D eigenvalue weighted by molar-refractivity contribution is 7.14. The number of anilines is 1. The van der Waals surface area contributed by atoms with Crippen molar-refractivity contribution in [2.24, 2.45) is 0 Å². The van der Waals surface area contributed by atoms with E-state index in [2.05, 4.69) is 23.3 Å². The van der Waals surface area contributed by atoms with E-state index in [9.17, 15) is 4.79 Å². The number of nitrogens with zero attached hydrogens (tertiary/aromatic N) is 1. The summed E-state index contributed by atoms with van der Waals surface area (Å²) in [4.78, 5) is 17.2. The molecule has 0 aliphatic carbocycles. The molecule has 0 spiro atoms. The molecule has 28 heavy (non-hydrogen) atoms. The molecule has 2 aromatic heterocycles. The molecule has 0 aliphatic heterocycles. The predicted octanol–water partition coefficient (Wildman–Crippen LogP) is 6.99. The van der Waals surface area contributed by atoms with Crippen LogP contribution >= 0.6 is 34.5 Å². The van der Waals surface area contributed by atoms with Crippen molar-refractivity contribution in [2.45, 2.75) is 20.3 Å². The minimum atomic E-state index is -0.324. The van der Waals surface area contributed by atoms with Crippen molar-refractivity contribution in [3.8, 4) is 11.3 Å². The molecule has 4 nitrogen and oxygen atoms in total. The Bertz CT molecular complexity index is 1200. The Morgan fingerprint density at radius 3 is 2.79 bits per heavy atom. The lowest BCUT2D eigenvalue weighted by Gasteiger charge is -2.01. The second-order valence-corrected chi connectivity index (χ2v) is 8.06. The largest absolute Gasteiger partial charge is 0.451 e. The summed E-state index contributed by atoms with van der Waals surface area (Å²) in [5.74, 6) is -0.0284. The quantitative estimate of drug-likeness (QED) is 0.379. The van der Waals surface area contributed by atoms with Gasteiger partial charge in [0.15, 0.2) is 10.9 Å². The van der Waals surface area contributed by atoms with E-state index in [0.29, 0.717) is 32.2 Å². The number of hydrogen-bond donors (Lipinski definition) is 1. The Morgan fingerprint density at radius 2 is 2.04 bits per heavy atom. The predicted molar refractivity (Wildman–Crippen MR) is 116 cm³/mol. The summed E-state index contributed by atoms with van der Waals surface area (Å²) in [7, 11) is 0. The maximum absolute atomic E-state index is 12.7. The third kappa shape index (κ3) is 3.53. The third-order valence-corrected chi connectivity index (χ3v) is 5.85. The molecule has 0 radical (unpaired) electrons. The molecule has 142 valence electrons. The molecule has 2 heterocycles. The number of fused-ring (bicyclic) bond motifs is 1. The molecule has 0 aliphatic rings. The molecule has 4 rings (SSSR count). The minimum absolute atomic E-state index is 0.296. The molecular formula is C21H16Cl2N2O2S. The summed E-state index contributed by atoms with van der Waals surface area (Å²) in [6, 6.07) is 11.2. The Balaban J connectivity index is 1.60. The van der Waals surface area contributed by atoms with Crippen LogP contribution in [-0.4, -0.2) is 10.9 Å². The maximum atomic E-state index is 12.7. The topological polar surface area (TPSA) is 55.1 Å². The highest BCUT2D eigenvalue weighted by Gasteiger charge is 2.19. The highest BCUT2D eigenvalue weighted by Crippen LogP contribution is 2.33. The highest BCUT2D eigenvalue weighted by atomic mass is 35.5. The number of halogens is 2. The smallest absolute Gasteiger partial charge is 0.293 e. The summed E-state index contributed by atoms with van der Waals surface area (Å²) in [5, 5.41) is 7.15. The van der Waals surface area contributed by atoms with Gasteiger partial charge in [-0.3, -0.25) is 10.1 Å². The Labute approximate surface area is 176 Å². The van der Waals surface area contributed by atoms with E-state index in [4.69, 9.17) is 27.6 Å². The molecular weight excluding hydrogens is 415 g/mol. The van der Waals surface area contributed by atoms with E-state index >= 15 is 0 Å². The molecule has 2 aromatic carbocycles. The average molecular weight is 431 g/mol. The van der Waals surface area contributed by atoms with Crippen molar-refractivity contribution in [1.82, 2.24) is 4.98 Å². The van der Waals surface area contributed by atoms with Gasteiger partial charge in [-0.1, -0.05) is 36.2 Å². The fraction of sp³-hybridized carbons (Fsp3) is 0.143. The maximum Gasteiger partial charge on any atom is 0.293 e. The van der Waals surface area contributed by atoms with Gasteiger partial charge in [-0.25, -0.2) is 4.98 Å². The fourth-order valence-electron chi connectivity index (χ4n) is 3.01. The Kier molecular flexibility index (Phi) is 5.15. The van der Waals surface area contributed by atoms with Crippen LogP contribution in [0, 0.1) is 6.92 Å². The van der Waals surface area contributed by atoms with Crippen molar-refractivity contribution < 1.29 is 9.21 Å². The molecule has 0 saturated heterocycles. The zero-order valence-corrected chi connectivity index (χ0v) is 17.5. The van der Waals surface area contributed by atoms with Gasteiger partial charge in [-0.15, -0.1) is 11.3 Å². The number of carbonyl (C=O) groups is 1. The van der Waals surface area contributed by atoms with Gasteiger partial charge in [0.2, 0.25) is 0 Å². The number of aryl methyl sites for hydroxylation is 2. The summed E-state index contributed by atoms with van der Waals surface area (Å²) in [5.41, 5.74) is 4.16. The molecule has 1 N–H and O–H groups in total. The zero-order valence-electron chi connectivity index (χ0n) is 15.2. The lowest BCUT2D eigenvalue weighted by atomic mass is 10.1. The van der Waals surface area contributed by atoms with Gasteiger partial charge >= 0.3 is 0 Å². The molecule has 0 atom stereocenters. The average Bonchev–Trinajstić information content (AvgIpc) is 3.26. The van der Waals surface area contributed by atoms with Crippen molar-refractivity contribution in [3.63, 3.8) is 0 Å². The molecule has 7 heteroatoms. The van der Waals surface area contributed by atoms with Crippen LogP contribution in [0.5, 0.6) is 0 Å². The molecule has 0 bridgehead atoms. The van der Waals surface area contributed by atoms with Crippen LogP contribution in [0.25, 0.3) is 22.2 Å². The van der Waals surface area contributed by atoms with Crippen LogP contribution in [-0.2, 0) is 6.42 Å². The molecule has 0 fully saturated rings. The van der Waals surface area contributed by atoms with Gasteiger partial charge in [0.05, 0.1) is 10.7 Å². The first kappa shape index (κ1) is 19.0. The van der Waals surface area contributed by atoms with Crippen LogP contribution in [0.2, 0.25) is 10.0 Å². The third-order valence-electron chi connectivity index (χ3n) is 4.55. The van der Waals surface area contributed by atoms with Crippen LogP contribution < -0.4 is 5.32 Å². The van der Waals surface area contributed by atoms with Gasteiger partial charge in [0.25, 0.3) is 5.91 Å². The molecule has 4 aromatic rings. The van der Waals surface area contributed by atoms with Crippen LogP contribution in [0.3, 0.4) is 0 Å². The fourth-order valence-corrected chi connectivity index (χ4v) is 4.22. The monoisotopic (exact) mass is 430 g/mol. The second-order valence-electron chi connectivity index (χ2n) is 6.36. The number of carbonyl (C=O) groups excluding carboxylic acids is 1. The van der Waals surface area contributed by atoms with E-state index in [1.54, 1.807) is 18.2 Å². The Morgan fingerprint density at radius 1 is 1.21 bits per heavy atom. The van der Waals surface area contributed by atoms with Crippen molar-refractivity contribution >= 4 is 56.5 Å². The van der Waals surface area contributed by atoms with E-state index in [1.807, 2.05) is 24.4 Å². The van der Waals surface area contributed by atoms with Crippen LogP contribution in [0.1, 0.15) is 28.6 Å². The standard InChI is InChI=1S/C21H16Cl2N2O2S/c1-3-12-4-7-18-15(8-12)11(2)19(27-18)20(26)25-21-24-17(10-28-21)14-6-5-13(22)9-16(14)23/h4-10H,3H2,1-2H3,(H,24,25,26). The van der Waals surface area contributed by atoms with Crippen molar-refractivity contribution in [3.05, 3.63) is 68.7 Å². The number of hydrogen-bond acceptors (Lipinski definition) is 4. The lowest BCUT2D eigenvalue weighted by Crippen LogP contribution is -2.11. The van der Waals surface area contributed by atoms with E-state index in [1.165, 1.54) is 16.9 Å². The lowest BCUT2D eigenvalue weighted by molar-refractivity contribution is 0.0998. The minimum Gasteiger partial charge on any atom is -0.451 e. The summed E-state index contributed by atoms with van der Waals surface area (Å²) >= 11 is 13.5. The van der Waals surface area contributed by atoms with Crippen LogP contribution in [0.15, 0.2) is 46.2 Å². The van der Waals surface area contributed by atoms with Gasteiger partial charge in [0, 0.05) is 26.9 Å². The van der Waals surface area contributed by atoms with Gasteiger partial charge in [-0.05, 0) is 49.2 Å². The number of thiazole rings is 1.